The van der Waals surface area contributed by atoms with Gasteiger partial charge in [-0.25, -0.2) is 0 Å². The Morgan fingerprint density at radius 2 is 2.00 bits per heavy atom. The van der Waals surface area contributed by atoms with E-state index >= 15 is 0 Å². The van der Waals surface area contributed by atoms with Gasteiger partial charge in [0.25, 0.3) is 0 Å². The van der Waals surface area contributed by atoms with Crippen molar-refractivity contribution in [3.05, 3.63) is 29.3 Å². The fourth-order valence-corrected chi connectivity index (χ4v) is 2.64. The summed E-state index contributed by atoms with van der Waals surface area (Å²) in [6, 6.07) is 7.92. The quantitative estimate of drug-likeness (QED) is 0.795. The SMILES string of the molecule is COC1CCC(c2ccc(N)cc2C#N)CC1. The summed E-state index contributed by atoms with van der Waals surface area (Å²) in [5.41, 5.74) is 8.24. The molecule has 0 amide bonds. The summed E-state index contributed by atoms with van der Waals surface area (Å²) in [6.07, 6.45) is 4.74. The van der Waals surface area contributed by atoms with E-state index in [9.17, 15) is 0 Å². The molecule has 3 heteroatoms. The van der Waals surface area contributed by atoms with Crippen LogP contribution in [0.15, 0.2) is 18.2 Å². The smallest absolute Gasteiger partial charge is 0.0995 e. The summed E-state index contributed by atoms with van der Waals surface area (Å²) in [4.78, 5) is 0. The van der Waals surface area contributed by atoms with Gasteiger partial charge in [-0.3, -0.25) is 0 Å². The Balaban J connectivity index is 2.16. The number of anilines is 1. The van der Waals surface area contributed by atoms with E-state index < -0.39 is 0 Å². The molecule has 0 saturated heterocycles. The number of methoxy groups -OCH3 is 1. The van der Waals surface area contributed by atoms with Crippen molar-refractivity contribution >= 4 is 5.69 Å². The Kier molecular flexibility index (Phi) is 3.65. The van der Waals surface area contributed by atoms with Gasteiger partial charge in [0.15, 0.2) is 0 Å². The monoisotopic (exact) mass is 230 g/mol. The molecule has 1 aromatic carbocycles. The van der Waals surface area contributed by atoms with E-state index in [2.05, 4.69) is 6.07 Å². The zero-order valence-corrected chi connectivity index (χ0v) is 10.1. The van der Waals surface area contributed by atoms with E-state index in [0.29, 0.717) is 17.7 Å². The van der Waals surface area contributed by atoms with Crippen molar-refractivity contribution in [2.45, 2.75) is 37.7 Å². The molecule has 1 aromatic rings. The number of nitriles is 1. The molecule has 0 aliphatic heterocycles. The molecular formula is C14H18N2O. The largest absolute Gasteiger partial charge is 0.399 e. The van der Waals surface area contributed by atoms with Crippen molar-refractivity contribution < 1.29 is 4.74 Å². The number of hydrogen-bond acceptors (Lipinski definition) is 3. The van der Waals surface area contributed by atoms with Crippen molar-refractivity contribution in [2.75, 3.05) is 12.8 Å². The maximum Gasteiger partial charge on any atom is 0.0995 e. The van der Waals surface area contributed by atoms with Crippen LogP contribution in [0.3, 0.4) is 0 Å². The number of nitrogens with zero attached hydrogens (tertiary/aromatic N) is 1. The molecule has 1 aliphatic rings. The van der Waals surface area contributed by atoms with Crippen LogP contribution in [0.2, 0.25) is 0 Å². The van der Waals surface area contributed by atoms with Crippen LogP contribution < -0.4 is 5.73 Å². The van der Waals surface area contributed by atoms with Gasteiger partial charge in [-0.15, -0.1) is 0 Å². The third-order valence-electron chi connectivity index (χ3n) is 3.65. The number of rotatable bonds is 2. The lowest BCUT2D eigenvalue weighted by Gasteiger charge is -2.28. The Morgan fingerprint density at radius 1 is 1.29 bits per heavy atom. The molecule has 2 rings (SSSR count). The van der Waals surface area contributed by atoms with Gasteiger partial charge < -0.3 is 10.5 Å². The Hall–Kier alpha value is -1.53. The Bertz CT molecular complexity index is 428. The Morgan fingerprint density at radius 3 is 2.59 bits per heavy atom. The lowest BCUT2D eigenvalue weighted by molar-refractivity contribution is 0.0658. The molecule has 0 heterocycles. The number of benzene rings is 1. The standard InChI is InChI=1S/C14H18N2O/c1-17-13-5-2-10(3-6-13)14-7-4-12(16)8-11(14)9-15/h4,7-8,10,13H,2-3,5-6,16H2,1H3. The summed E-state index contributed by atoms with van der Waals surface area (Å²) >= 11 is 0. The summed E-state index contributed by atoms with van der Waals surface area (Å²) < 4.78 is 5.37. The van der Waals surface area contributed by atoms with Crippen molar-refractivity contribution in [3.63, 3.8) is 0 Å². The highest BCUT2D eigenvalue weighted by atomic mass is 16.5. The molecule has 3 nitrogen and oxygen atoms in total. The fraction of sp³-hybridized carbons (Fsp3) is 0.500. The number of nitrogen functional groups attached to an aromatic ring is 1. The van der Waals surface area contributed by atoms with Gasteiger partial charge in [-0.05, 0) is 49.3 Å². The molecule has 0 aromatic heterocycles. The first-order chi connectivity index (χ1) is 8.24. The first-order valence-corrected chi connectivity index (χ1v) is 6.07. The Labute approximate surface area is 102 Å². The highest BCUT2D eigenvalue weighted by molar-refractivity contribution is 5.51. The van der Waals surface area contributed by atoms with Crippen molar-refractivity contribution in [3.8, 4) is 6.07 Å². The van der Waals surface area contributed by atoms with Crippen LogP contribution in [0, 0.1) is 11.3 Å². The number of nitrogens with two attached hydrogens (primary N) is 1. The topological polar surface area (TPSA) is 59.0 Å². The highest BCUT2D eigenvalue weighted by Gasteiger charge is 2.23. The molecule has 1 aliphatic carbocycles. The van der Waals surface area contributed by atoms with Crippen molar-refractivity contribution in [1.29, 1.82) is 5.26 Å². The van der Waals surface area contributed by atoms with E-state index in [0.717, 1.165) is 36.8 Å². The molecule has 1 fully saturated rings. The van der Waals surface area contributed by atoms with Gasteiger partial charge in [0.1, 0.15) is 0 Å². The second kappa shape index (κ2) is 5.20. The zero-order chi connectivity index (χ0) is 12.3. The predicted octanol–water partition coefficient (Wildman–Crippen LogP) is 2.81. The zero-order valence-electron chi connectivity index (χ0n) is 10.1. The van der Waals surface area contributed by atoms with E-state index in [1.54, 1.807) is 13.2 Å². The molecule has 0 bridgehead atoms. The van der Waals surface area contributed by atoms with Gasteiger partial charge in [0.05, 0.1) is 17.7 Å². The molecule has 17 heavy (non-hydrogen) atoms. The van der Waals surface area contributed by atoms with Crippen LogP contribution in [-0.2, 0) is 4.74 Å². The molecule has 90 valence electrons. The lowest BCUT2D eigenvalue weighted by Crippen LogP contribution is -2.19. The fourth-order valence-electron chi connectivity index (χ4n) is 2.64. The maximum atomic E-state index is 9.14. The van der Waals surface area contributed by atoms with Gasteiger partial charge >= 0.3 is 0 Å². The summed E-state index contributed by atoms with van der Waals surface area (Å²) in [7, 11) is 1.77. The van der Waals surface area contributed by atoms with Crippen molar-refractivity contribution in [1.82, 2.24) is 0 Å². The van der Waals surface area contributed by atoms with Gasteiger partial charge in [0, 0.05) is 12.8 Å². The number of ether oxygens (including phenoxy) is 1. The second-order valence-electron chi connectivity index (χ2n) is 4.67. The molecule has 0 atom stereocenters. The molecule has 0 unspecified atom stereocenters. The number of hydrogen-bond donors (Lipinski definition) is 1. The third kappa shape index (κ3) is 2.59. The van der Waals surface area contributed by atoms with Crippen LogP contribution in [0.1, 0.15) is 42.7 Å². The van der Waals surface area contributed by atoms with Crippen LogP contribution in [-0.4, -0.2) is 13.2 Å². The minimum absolute atomic E-state index is 0.394. The summed E-state index contributed by atoms with van der Waals surface area (Å²) in [5, 5.41) is 9.14. The van der Waals surface area contributed by atoms with E-state index in [1.165, 1.54) is 0 Å². The van der Waals surface area contributed by atoms with Gasteiger partial charge in [-0.2, -0.15) is 5.26 Å². The predicted molar refractivity (Wildman–Crippen MR) is 67.6 cm³/mol. The van der Waals surface area contributed by atoms with E-state index in [-0.39, 0.29) is 0 Å². The average Bonchev–Trinajstić information content (AvgIpc) is 2.39. The van der Waals surface area contributed by atoms with Crippen LogP contribution >= 0.6 is 0 Å². The van der Waals surface area contributed by atoms with Crippen molar-refractivity contribution in [2.24, 2.45) is 0 Å². The molecule has 1 saturated carbocycles. The normalized spacial score (nSPS) is 24.2. The third-order valence-corrected chi connectivity index (χ3v) is 3.65. The average molecular weight is 230 g/mol. The second-order valence-corrected chi connectivity index (χ2v) is 4.67. The minimum Gasteiger partial charge on any atom is -0.399 e. The van der Waals surface area contributed by atoms with Crippen LogP contribution in [0.5, 0.6) is 0 Å². The summed E-state index contributed by atoms with van der Waals surface area (Å²) in [6.45, 7) is 0. The van der Waals surface area contributed by atoms with Gasteiger partial charge in [-0.1, -0.05) is 6.07 Å². The lowest BCUT2D eigenvalue weighted by atomic mass is 9.81. The molecule has 2 N–H and O–H groups in total. The maximum absolute atomic E-state index is 9.14. The minimum atomic E-state index is 0.394. The first kappa shape index (κ1) is 11.9. The van der Waals surface area contributed by atoms with Crippen LogP contribution in [0.4, 0.5) is 5.69 Å². The van der Waals surface area contributed by atoms with Crippen LogP contribution in [0.25, 0.3) is 0 Å². The molecule has 0 spiro atoms. The van der Waals surface area contributed by atoms with E-state index in [1.807, 2.05) is 12.1 Å². The van der Waals surface area contributed by atoms with E-state index in [4.69, 9.17) is 15.7 Å². The summed E-state index contributed by atoms with van der Waals surface area (Å²) in [5.74, 6) is 0.483. The van der Waals surface area contributed by atoms with Gasteiger partial charge in [0.2, 0.25) is 0 Å². The molecular weight excluding hydrogens is 212 g/mol. The first-order valence-electron chi connectivity index (χ1n) is 6.07. The highest BCUT2D eigenvalue weighted by Crippen LogP contribution is 2.35. The molecule has 0 radical (unpaired) electrons.